The molecule has 0 radical (unpaired) electrons. The standard InChI is InChI=1S/C14H19N3O/c1-14(9-18)5-7-17(8-6-14)12-4-2-3-11-13(12)16-10-15-11/h2-4,10,18H,5-9H2,1H3,(H,15,16). The summed E-state index contributed by atoms with van der Waals surface area (Å²) in [5.74, 6) is 0. The highest BCUT2D eigenvalue weighted by atomic mass is 16.3. The van der Waals surface area contributed by atoms with E-state index in [1.807, 2.05) is 6.07 Å². The van der Waals surface area contributed by atoms with Crippen LogP contribution in [0.25, 0.3) is 11.0 Å². The molecule has 0 saturated carbocycles. The van der Waals surface area contributed by atoms with Gasteiger partial charge in [-0.2, -0.15) is 0 Å². The van der Waals surface area contributed by atoms with Crippen LogP contribution < -0.4 is 4.90 Å². The molecule has 3 rings (SSSR count). The Kier molecular flexibility index (Phi) is 2.74. The van der Waals surface area contributed by atoms with Crippen molar-refractivity contribution in [2.45, 2.75) is 19.8 Å². The van der Waals surface area contributed by atoms with E-state index in [2.05, 4.69) is 33.9 Å². The molecular formula is C14H19N3O. The first-order chi connectivity index (χ1) is 8.72. The lowest BCUT2D eigenvalue weighted by molar-refractivity contribution is 0.115. The summed E-state index contributed by atoms with van der Waals surface area (Å²) in [6.07, 6.45) is 3.81. The molecule has 96 valence electrons. The Labute approximate surface area is 107 Å². The molecule has 0 aliphatic carbocycles. The molecule has 0 atom stereocenters. The van der Waals surface area contributed by atoms with Crippen molar-refractivity contribution in [1.82, 2.24) is 9.97 Å². The highest BCUT2D eigenvalue weighted by Gasteiger charge is 2.30. The van der Waals surface area contributed by atoms with Gasteiger partial charge in [0.2, 0.25) is 0 Å². The Morgan fingerprint density at radius 2 is 2.17 bits per heavy atom. The number of hydrogen-bond donors (Lipinski definition) is 2. The Morgan fingerprint density at radius 3 is 2.89 bits per heavy atom. The van der Waals surface area contributed by atoms with Crippen LogP contribution in [0, 0.1) is 5.41 Å². The lowest BCUT2D eigenvalue weighted by atomic mass is 9.81. The number of nitrogens with zero attached hydrogens (tertiary/aromatic N) is 2. The first kappa shape index (κ1) is 11.5. The summed E-state index contributed by atoms with van der Waals surface area (Å²) in [4.78, 5) is 9.93. The van der Waals surface area contributed by atoms with Crippen LogP contribution in [0.3, 0.4) is 0 Å². The molecule has 0 spiro atoms. The van der Waals surface area contributed by atoms with Crippen LogP contribution in [-0.2, 0) is 0 Å². The molecule has 0 bridgehead atoms. The Morgan fingerprint density at radius 1 is 1.39 bits per heavy atom. The summed E-state index contributed by atoms with van der Waals surface area (Å²) in [5.41, 5.74) is 3.43. The fourth-order valence-electron chi connectivity index (χ4n) is 2.65. The molecule has 1 aromatic carbocycles. The first-order valence-corrected chi connectivity index (χ1v) is 6.50. The van der Waals surface area contributed by atoms with Crippen molar-refractivity contribution < 1.29 is 5.11 Å². The normalized spacial score (nSPS) is 19.3. The number of aromatic nitrogens is 2. The lowest BCUT2D eigenvalue weighted by Crippen LogP contribution is -2.40. The van der Waals surface area contributed by atoms with Crippen LogP contribution in [0.1, 0.15) is 19.8 Å². The predicted molar refractivity (Wildman–Crippen MR) is 72.7 cm³/mol. The van der Waals surface area contributed by atoms with Gasteiger partial charge in [-0.05, 0) is 30.4 Å². The monoisotopic (exact) mass is 245 g/mol. The molecule has 2 heterocycles. The number of nitrogens with one attached hydrogen (secondary N) is 1. The van der Waals surface area contributed by atoms with Crippen LogP contribution in [0.4, 0.5) is 5.69 Å². The van der Waals surface area contributed by atoms with Crippen LogP contribution in [0.5, 0.6) is 0 Å². The SMILES string of the molecule is CC1(CO)CCN(c2cccc3[nH]cnc23)CC1. The Bertz CT molecular complexity index is 541. The third-order valence-corrected chi connectivity index (χ3v) is 4.12. The van der Waals surface area contributed by atoms with Gasteiger partial charge < -0.3 is 15.0 Å². The number of aliphatic hydroxyl groups excluding tert-OH is 1. The van der Waals surface area contributed by atoms with Crippen molar-refractivity contribution >= 4 is 16.7 Å². The number of benzene rings is 1. The lowest BCUT2D eigenvalue weighted by Gasteiger charge is -2.39. The van der Waals surface area contributed by atoms with Gasteiger partial charge in [-0.1, -0.05) is 13.0 Å². The molecule has 2 aromatic rings. The Balaban J connectivity index is 1.86. The number of rotatable bonds is 2. The number of fused-ring (bicyclic) bond motifs is 1. The summed E-state index contributed by atoms with van der Waals surface area (Å²) in [6, 6.07) is 6.24. The van der Waals surface area contributed by atoms with Gasteiger partial charge >= 0.3 is 0 Å². The van der Waals surface area contributed by atoms with Crippen LogP contribution in [-0.4, -0.2) is 34.8 Å². The van der Waals surface area contributed by atoms with Gasteiger partial charge in [0.25, 0.3) is 0 Å². The summed E-state index contributed by atoms with van der Waals surface area (Å²) in [6.45, 7) is 4.43. The maximum Gasteiger partial charge on any atom is 0.112 e. The van der Waals surface area contributed by atoms with E-state index in [4.69, 9.17) is 0 Å². The minimum absolute atomic E-state index is 0.0932. The average Bonchev–Trinajstić information content (AvgIpc) is 2.88. The zero-order valence-electron chi connectivity index (χ0n) is 10.7. The molecule has 1 aliphatic rings. The van der Waals surface area contributed by atoms with Crippen LogP contribution >= 0.6 is 0 Å². The van der Waals surface area contributed by atoms with Crippen molar-refractivity contribution in [2.24, 2.45) is 5.41 Å². The topological polar surface area (TPSA) is 52.1 Å². The summed E-state index contributed by atoms with van der Waals surface area (Å²) >= 11 is 0. The zero-order chi connectivity index (χ0) is 12.6. The van der Waals surface area contributed by atoms with Gasteiger partial charge in [0, 0.05) is 19.7 Å². The molecule has 18 heavy (non-hydrogen) atoms. The predicted octanol–water partition coefficient (Wildman–Crippen LogP) is 2.16. The van der Waals surface area contributed by atoms with Gasteiger partial charge in [-0.25, -0.2) is 4.98 Å². The molecular weight excluding hydrogens is 226 g/mol. The van der Waals surface area contributed by atoms with Crippen LogP contribution in [0.2, 0.25) is 0 Å². The van der Waals surface area contributed by atoms with E-state index in [0.717, 1.165) is 37.0 Å². The summed E-state index contributed by atoms with van der Waals surface area (Å²) in [7, 11) is 0. The smallest absolute Gasteiger partial charge is 0.112 e. The highest BCUT2D eigenvalue weighted by molar-refractivity contribution is 5.88. The van der Waals surface area contributed by atoms with Gasteiger partial charge in [0.15, 0.2) is 0 Å². The number of aromatic amines is 1. The zero-order valence-corrected chi connectivity index (χ0v) is 10.7. The quantitative estimate of drug-likeness (QED) is 0.852. The number of H-pyrrole nitrogens is 1. The molecule has 1 fully saturated rings. The van der Waals surface area contributed by atoms with E-state index in [9.17, 15) is 5.11 Å². The number of para-hydroxylation sites is 1. The third-order valence-electron chi connectivity index (χ3n) is 4.12. The molecule has 2 N–H and O–H groups in total. The molecule has 1 aromatic heterocycles. The second-order valence-corrected chi connectivity index (χ2v) is 5.53. The minimum atomic E-state index is 0.0932. The Hall–Kier alpha value is -1.55. The van der Waals surface area contributed by atoms with Crippen molar-refractivity contribution in [3.8, 4) is 0 Å². The number of anilines is 1. The second kappa shape index (κ2) is 4.28. The molecule has 1 aliphatic heterocycles. The van der Waals surface area contributed by atoms with E-state index in [0.29, 0.717) is 0 Å². The molecule has 1 saturated heterocycles. The van der Waals surface area contributed by atoms with Crippen molar-refractivity contribution in [3.05, 3.63) is 24.5 Å². The molecule has 0 unspecified atom stereocenters. The van der Waals surface area contributed by atoms with Gasteiger partial charge in [0.05, 0.1) is 17.5 Å². The minimum Gasteiger partial charge on any atom is -0.396 e. The van der Waals surface area contributed by atoms with Crippen LogP contribution in [0.15, 0.2) is 24.5 Å². The number of imidazole rings is 1. The summed E-state index contributed by atoms with van der Waals surface area (Å²) < 4.78 is 0. The van der Waals surface area contributed by atoms with Gasteiger partial charge in [0.1, 0.15) is 5.52 Å². The third kappa shape index (κ3) is 1.86. The number of hydrogen-bond acceptors (Lipinski definition) is 3. The maximum atomic E-state index is 9.41. The summed E-state index contributed by atoms with van der Waals surface area (Å²) in [5, 5.41) is 9.41. The first-order valence-electron chi connectivity index (χ1n) is 6.50. The fraction of sp³-hybridized carbons (Fsp3) is 0.500. The molecule has 4 nitrogen and oxygen atoms in total. The van der Waals surface area contributed by atoms with E-state index >= 15 is 0 Å². The fourth-order valence-corrected chi connectivity index (χ4v) is 2.65. The largest absolute Gasteiger partial charge is 0.396 e. The van der Waals surface area contributed by atoms with E-state index in [-0.39, 0.29) is 12.0 Å². The average molecular weight is 245 g/mol. The molecule has 0 amide bonds. The second-order valence-electron chi connectivity index (χ2n) is 5.53. The van der Waals surface area contributed by atoms with E-state index in [1.54, 1.807) is 6.33 Å². The number of aliphatic hydroxyl groups is 1. The van der Waals surface area contributed by atoms with Gasteiger partial charge in [-0.15, -0.1) is 0 Å². The van der Waals surface area contributed by atoms with Crippen molar-refractivity contribution in [2.75, 3.05) is 24.6 Å². The molecule has 4 heteroatoms. The highest BCUT2D eigenvalue weighted by Crippen LogP contribution is 2.34. The maximum absolute atomic E-state index is 9.41. The van der Waals surface area contributed by atoms with E-state index < -0.39 is 0 Å². The van der Waals surface area contributed by atoms with E-state index in [1.165, 1.54) is 5.69 Å². The van der Waals surface area contributed by atoms with Crippen molar-refractivity contribution in [3.63, 3.8) is 0 Å². The van der Waals surface area contributed by atoms with Gasteiger partial charge in [-0.3, -0.25) is 0 Å². The number of piperidine rings is 1. The van der Waals surface area contributed by atoms with Crippen molar-refractivity contribution in [1.29, 1.82) is 0 Å².